The van der Waals surface area contributed by atoms with Crippen LogP contribution in [0.25, 0.3) is 0 Å². The first-order valence-electron chi connectivity index (χ1n) is 4.60. The monoisotopic (exact) mass is 198 g/mol. The quantitative estimate of drug-likeness (QED) is 0.788. The normalized spacial score (nSPS) is 28.2. The van der Waals surface area contributed by atoms with Crippen molar-refractivity contribution in [1.82, 2.24) is 0 Å². The van der Waals surface area contributed by atoms with Crippen LogP contribution >= 0.6 is 11.3 Å². The summed E-state index contributed by atoms with van der Waals surface area (Å²) in [7, 11) is 0. The zero-order chi connectivity index (χ0) is 9.26. The Morgan fingerprint density at radius 1 is 1.62 bits per heavy atom. The molecule has 1 aromatic rings. The summed E-state index contributed by atoms with van der Waals surface area (Å²) in [5.41, 5.74) is 0. The van der Waals surface area contributed by atoms with Gasteiger partial charge in [0, 0.05) is 28.9 Å². The third kappa shape index (κ3) is 1.77. The van der Waals surface area contributed by atoms with Gasteiger partial charge in [0.1, 0.15) is 0 Å². The average molecular weight is 198 g/mol. The van der Waals surface area contributed by atoms with Crippen LogP contribution < -0.4 is 0 Å². The van der Waals surface area contributed by atoms with E-state index in [2.05, 4.69) is 19.1 Å². The third-order valence-electron chi connectivity index (χ3n) is 2.49. The Hall–Kier alpha value is -0.380. The fraction of sp³-hybridized carbons (Fsp3) is 0.600. The van der Waals surface area contributed by atoms with Gasteiger partial charge in [-0.05, 0) is 25.5 Å². The van der Waals surface area contributed by atoms with Crippen LogP contribution in [0.3, 0.4) is 0 Å². The van der Waals surface area contributed by atoms with Gasteiger partial charge in [0.15, 0.2) is 0 Å². The Morgan fingerprint density at radius 3 is 3.08 bits per heavy atom. The van der Waals surface area contributed by atoms with Gasteiger partial charge in [-0.1, -0.05) is 0 Å². The molecular weight excluding hydrogens is 184 g/mol. The summed E-state index contributed by atoms with van der Waals surface area (Å²) in [6.45, 7) is 3.12. The van der Waals surface area contributed by atoms with Gasteiger partial charge in [-0.15, -0.1) is 11.3 Å². The fourth-order valence-corrected chi connectivity index (χ4v) is 2.76. The Kier molecular flexibility index (Phi) is 2.67. The van der Waals surface area contributed by atoms with Crippen LogP contribution in [0, 0.1) is 12.8 Å². The van der Waals surface area contributed by atoms with Crippen molar-refractivity contribution < 1.29 is 9.84 Å². The lowest BCUT2D eigenvalue weighted by molar-refractivity contribution is 0.0747. The highest BCUT2D eigenvalue weighted by Gasteiger charge is 2.29. The third-order valence-corrected chi connectivity index (χ3v) is 3.55. The van der Waals surface area contributed by atoms with E-state index >= 15 is 0 Å². The molecule has 1 aliphatic heterocycles. The maximum Gasteiger partial charge on any atom is 0.0967 e. The van der Waals surface area contributed by atoms with E-state index in [9.17, 15) is 0 Å². The highest BCUT2D eigenvalue weighted by Crippen LogP contribution is 2.37. The molecule has 0 saturated carbocycles. The Morgan fingerprint density at radius 2 is 2.46 bits per heavy atom. The second-order valence-electron chi connectivity index (χ2n) is 3.47. The lowest BCUT2D eigenvalue weighted by Crippen LogP contribution is -2.09. The minimum Gasteiger partial charge on any atom is -0.396 e. The van der Waals surface area contributed by atoms with Gasteiger partial charge in [-0.2, -0.15) is 0 Å². The Labute approximate surface area is 82.2 Å². The highest BCUT2D eigenvalue weighted by atomic mass is 32.1. The molecule has 0 radical (unpaired) electrons. The molecule has 13 heavy (non-hydrogen) atoms. The summed E-state index contributed by atoms with van der Waals surface area (Å²) in [5, 5.41) is 9.13. The number of thiophene rings is 1. The van der Waals surface area contributed by atoms with Gasteiger partial charge in [0.05, 0.1) is 6.10 Å². The molecule has 2 nitrogen and oxygen atoms in total. The molecule has 1 saturated heterocycles. The number of hydrogen-bond acceptors (Lipinski definition) is 3. The van der Waals surface area contributed by atoms with Crippen LogP contribution in [-0.4, -0.2) is 18.3 Å². The zero-order valence-electron chi connectivity index (χ0n) is 7.69. The van der Waals surface area contributed by atoms with Gasteiger partial charge in [0.2, 0.25) is 0 Å². The summed E-state index contributed by atoms with van der Waals surface area (Å²) in [6, 6.07) is 4.22. The van der Waals surface area contributed by atoms with Gasteiger partial charge >= 0.3 is 0 Å². The molecular formula is C10H14O2S. The number of aryl methyl sites for hydroxylation is 1. The minimum absolute atomic E-state index is 0.142. The average Bonchev–Trinajstić information content (AvgIpc) is 2.71. The first kappa shape index (κ1) is 9.19. The lowest BCUT2D eigenvalue weighted by atomic mass is 10.0. The molecule has 1 aromatic heterocycles. The number of aliphatic hydroxyl groups is 1. The smallest absolute Gasteiger partial charge is 0.0967 e. The molecule has 0 aliphatic carbocycles. The summed E-state index contributed by atoms with van der Waals surface area (Å²) < 4.78 is 5.61. The molecule has 72 valence electrons. The first-order valence-corrected chi connectivity index (χ1v) is 5.41. The van der Waals surface area contributed by atoms with Crippen molar-refractivity contribution in [3.05, 3.63) is 21.9 Å². The highest BCUT2D eigenvalue weighted by molar-refractivity contribution is 7.12. The molecule has 0 aromatic carbocycles. The van der Waals surface area contributed by atoms with Gasteiger partial charge < -0.3 is 9.84 Å². The molecule has 0 bridgehead atoms. The second-order valence-corrected chi connectivity index (χ2v) is 4.79. The lowest BCUT2D eigenvalue weighted by Gasteiger charge is -2.13. The second kappa shape index (κ2) is 3.78. The van der Waals surface area contributed by atoms with Crippen LogP contribution in [0.4, 0.5) is 0 Å². The minimum atomic E-state index is 0.142. The van der Waals surface area contributed by atoms with Crippen LogP contribution in [-0.2, 0) is 4.74 Å². The van der Waals surface area contributed by atoms with Crippen molar-refractivity contribution in [3.63, 3.8) is 0 Å². The largest absolute Gasteiger partial charge is 0.396 e. The predicted molar refractivity (Wildman–Crippen MR) is 52.9 cm³/mol. The van der Waals surface area contributed by atoms with Crippen molar-refractivity contribution in [2.75, 3.05) is 13.2 Å². The van der Waals surface area contributed by atoms with Crippen molar-refractivity contribution in [2.45, 2.75) is 19.4 Å². The number of rotatable bonds is 2. The number of aliphatic hydroxyl groups excluding tert-OH is 1. The van der Waals surface area contributed by atoms with Crippen molar-refractivity contribution in [2.24, 2.45) is 5.92 Å². The van der Waals surface area contributed by atoms with Crippen LogP contribution in [0.5, 0.6) is 0 Å². The molecule has 2 rings (SSSR count). The number of hydrogen-bond donors (Lipinski definition) is 1. The summed E-state index contributed by atoms with van der Waals surface area (Å²) >= 11 is 1.77. The molecule has 2 unspecified atom stereocenters. The molecule has 0 spiro atoms. The van der Waals surface area contributed by atoms with E-state index in [1.807, 2.05) is 0 Å². The number of ether oxygens (including phenoxy) is 1. The molecule has 1 N–H and O–H groups in total. The maximum atomic E-state index is 9.13. The Balaban J connectivity index is 2.15. The van der Waals surface area contributed by atoms with Crippen LogP contribution in [0.2, 0.25) is 0 Å². The van der Waals surface area contributed by atoms with Crippen molar-refractivity contribution >= 4 is 11.3 Å². The van der Waals surface area contributed by atoms with E-state index in [1.54, 1.807) is 11.3 Å². The predicted octanol–water partition coefficient (Wildman–Crippen LogP) is 2.13. The van der Waals surface area contributed by atoms with Crippen molar-refractivity contribution in [3.8, 4) is 0 Å². The van der Waals surface area contributed by atoms with E-state index in [0.29, 0.717) is 5.92 Å². The molecule has 0 amide bonds. The molecule has 2 atom stereocenters. The zero-order valence-corrected chi connectivity index (χ0v) is 8.51. The summed E-state index contributed by atoms with van der Waals surface area (Å²) in [4.78, 5) is 2.57. The fourth-order valence-electron chi connectivity index (χ4n) is 1.74. The van der Waals surface area contributed by atoms with Gasteiger partial charge in [-0.25, -0.2) is 0 Å². The van der Waals surface area contributed by atoms with Crippen LogP contribution in [0.1, 0.15) is 22.3 Å². The molecule has 1 aliphatic rings. The van der Waals surface area contributed by atoms with E-state index in [1.165, 1.54) is 9.75 Å². The topological polar surface area (TPSA) is 29.5 Å². The van der Waals surface area contributed by atoms with E-state index < -0.39 is 0 Å². The van der Waals surface area contributed by atoms with Gasteiger partial charge in [0.25, 0.3) is 0 Å². The van der Waals surface area contributed by atoms with Crippen LogP contribution in [0.15, 0.2) is 12.1 Å². The maximum absolute atomic E-state index is 9.13. The molecule has 2 heterocycles. The standard InChI is InChI=1S/C10H14O2S/c1-7-2-3-9(13-7)10-8(6-11)4-5-12-10/h2-3,8,10-11H,4-6H2,1H3. The molecule has 3 heteroatoms. The summed E-state index contributed by atoms with van der Waals surface area (Å²) in [5.74, 6) is 0.304. The van der Waals surface area contributed by atoms with E-state index in [4.69, 9.17) is 9.84 Å². The van der Waals surface area contributed by atoms with Crippen molar-refractivity contribution in [1.29, 1.82) is 0 Å². The van der Waals surface area contributed by atoms with Gasteiger partial charge in [-0.3, -0.25) is 0 Å². The van der Waals surface area contributed by atoms with E-state index in [-0.39, 0.29) is 12.7 Å². The SMILES string of the molecule is Cc1ccc(C2OCCC2CO)s1. The molecule has 1 fully saturated rings. The Bertz CT molecular complexity index is 282. The summed E-state index contributed by atoms with van der Waals surface area (Å²) in [6.07, 6.45) is 1.13. The first-order chi connectivity index (χ1) is 6.31. The van der Waals surface area contributed by atoms with E-state index in [0.717, 1.165) is 13.0 Å².